The predicted octanol–water partition coefficient (Wildman–Crippen LogP) is 2.79. The molecule has 2 N–H and O–H groups in total. The number of H-pyrrole nitrogens is 1. The number of hydrogen-bond acceptors (Lipinski definition) is 5. The highest BCUT2D eigenvalue weighted by atomic mass is 35.5. The monoisotopic (exact) mass is 459 g/mol. The highest BCUT2D eigenvalue weighted by Gasteiger charge is 2.24. The van der Waals surface area contributed by atoms with Gasteiger partial charge in [0.25, 0.3) is 11.5 Å². The first-order valence-electron chi connectivity index (χ1n) is 11.2. The molecule has 32 heavy (non-hydrogen) atoms. The van der Waals surface area contributed by atoms with E-state index in [4.69, 9.17) is 4.74 Å². The van der Waals surface area contributed by atoms with E-state index >= 15 is 0 Å². The van der Waals surface area contributed by atoms with Crippen LogP contribution in [0.4, 0.5) is 0 Å². The maximum absolute atomic E-state index is 12.9. The van der Waals surface area contributed by atoms with Crippen LogP contribution in [0.25, 0.3) is 21.8 Å². The lowest BCUT2D eigenvalue weighted by atomic mass is 9.93. The maximum Gasteiger partial charge on any atom is 0.259 e. The van der Waals surface area contributed by atoms with Gasteiger partial charge in [0, 0.05) is 30.6 Å². The summed E-state index contributed by atoms with van der Waals surface area (Å²) in [6.07, 6.45) is 5.90. The molecule has 8 nitrogen and oxygen atoms in total. The lowest BCUT2D eigenvalue weighted by Gasteiger charge is -2.26. The van der Waals surface area contributed by atoms with Crippen molar-refractivity contribution in [1.29, 1.82) is 0 Å². The number of aryl methyl sites for hydroxylation is 1. The summed E-state index contributed by atoms with van der Waals surface area (Å²) >= 11 is 0. The number of ether oxygens (including phenoxy) is 1. The van der Waals surface area contributed by atoms with Gasteiger partial charge in [0.15, 0.2) is 0 Å². The topological polar surface area (TPSA) is 92.2 Å². The number of carbonyl (C=O) groups is 1. The molecule has 1 saturated heterocycles. The molecule has 0 unspecified atom stereocenters. The molecule has 0 atom stereocenters. The van der Waals surface area contributed by atoms with Gasteiger partial charge < -0.3 is 15.0 Å². The van der Waals surface area contributed by atoms with Gasteiger partial charge in [0.1, 0.15) is 0 Å². The number of aromatic nitrogens is 3. The first-order chi connectivity index (χ1) is 15.1. The Morgan fingerprint density at radius 1 is 1.25 bits per heavy atom. The standard InChI is InChI=1S/C23H29N5O3.ClH/c1-15-12-20-18(21-19(23(30)26-20)14-25-28(21)16-4-2-5-16)13-17(15)22(29)24-6-3-7-27-8-10-31-11-9-27;/h12-14,16H,2-11H2,1H3,(H,24,29)(H,26,30);1H. The summed E-state index contributed by atoms with van der Waals surface area (Å²) in [5.41, 5.74) is 2.95. The van der Waals surface area contributed by atoms with Crippen molar-refractivity contribution in [3.8, 4) is 0 Å². The summed E-state index contributed by atoms with van der Waals surface area (Å²) in [6.45, 7) is 7.00. The van der Waals surface area contributed by atoms with E-state index in [1.807, 2.05) is 23.7 Å². The Labute approximate surface area is 192 Å². The number of amides is 1. The number of morpholine rings is 1. The third-order valence-electron chi connectivity index (χ3n) is 6.61. The van der Waals surface area contributed by atoms with Gasteiger partial charge in [-0.05, 0) is 56.8 Å². The van der Waals surface area contributed by atoms with Crippen molar-refractivity contribution in [1.82, 2.24) is 25.0 Å². The van der Waals surface area contributed by atoms with Crippen LogP contribution < -0.4 is 10.9 Å². The van der Waals surface area contributed by atoms with E-state index < -0.39 is 0 Å². The molecule has 3 heterocycles. The van der Waals surface area contributed by atoms with Gasteiger partial charge in [-0.3, -0.25) is 19.2 Å². The molecule has 1 amide bonds. The molecule has 1 aliphatic carbocycles. The Bertz CT molecular complexity index is 1180. The second-order valence-electron chi connectivity index (χ2n) is 8.67. The number of nitrogens with zero attached hydrogens (tertiary/aromatic N) is 3. The smallest absolute Gasteiger partial charge is 0.259 e. The van der Waals surface area contributed by atoms with E-state index in [1.165, 1.54) is 6.42 Å². The van der Waals surface area contributed by atoms with Crippen molar-refractivity contribution in [2.24, 2.45) is 0 Å². The van der Waals surface area contributed by atoms with Gasteiger partial charge in [-0.25, -0.2) is 0 Å². The maximum atomic E-state index is 12.9. The first kappa shape index (κ1) is 22.8. The van der Waals surface area contributed by atoms with Crippen LogP contribution in [-0.2, 0) is 4.74 Å². The van der Waals surface area contributed by atoms with Crippen LogP contribution in [0.15, 0.2) is 23.1 Å². The zero-order valence-corrected chi connectivity index (χ0v) is 19.2. The third-order valence-corrected chi connectivity index (χ3v) is 6.61. The number of aromatic amines is 1. The molecule has 9 heteroatoms. The zero-order chi connectivity index (χ0) is 21.4. The summed E-state index contributed by atoms with van der Waals surface area (Å²) in [6, 6.07) is 4.15. The minimum atomic E-state index is -0.132. The number of fused-ring (bicyclic) bond motifs is 3. The fourth-order valence-electron chi connectivity index (χ4n) is 4.57. The number of rotatable bonds is 6. The fraction of sp³-hybridized carbons (Fsp3) is 0.522. The normalized spacial score (nSPS) is 17.3. The van der Waals surface area contributed by atoms with Crippen molar-refractivity contribution in [3.05, 3.63) is 39.8 Å². The number of pyridine rings is 1. The molecule has 2 aliphatic rings. The summed E-state index contributed by atoms with van der Waals surface area (Å²) in [5.74, 6) is -0.0737. The van der Waals surface area contributed by atoms with E-state index in [0.29, 0.717) is 23.5 Å². The van der Waals surface area contributed by atoms with Crippen LogP contribution in [0, 0.1) is 6.92 Å². The van der Waals surface area contributed by atoms with Crippen LogP contribution >= 0.6 is 12.4 Å². The average Bonchev–Trinajstić information content (AvgIpc) is 3.16. The second-order valence-corrected chi connectivity index (χ2v) is 8.67. The number of benzene rings is 1. The fourth-order valence-corrected chi connectivity index (χ4v) is 4.57. The van der Waals surface area contributed by atoms with Gasteiger partial charge in [0.05, 0.1) is 41.9 Å². The van der Waals surface area contributed by atoms with Gasteiger partial charge in [-0.2, -0.15) is 5.10 Å². The highest BCUT2D eigenvalue weighted by molar-refractivity contribution is 6.07. The summed E-state index contributed by atoms with van der Waals surface area (Å²) in [7, 11) is 0. The van der Waals surface area contributed by atoms with Crippen LogP contribution in [-0.4, -0.2) is 65.0 Å². The lowest BCUT2D eigenvalue weighted by Crippen LogP contribution is -2.38. The van der Waals surface area contributed by atoms with E-state index in [9.17, 15) is 9.59 Å². The van der Waals surface area contributed by atoms with E-state index in [2.05, 4.69) is 20.3 Å². The van der Waals surface area contributed by atoms with Crippen molar-refractivity contribution in [3.63, 3.8) is 0 Å². The predicted molar refractivity (Wildman–Crippen MR) is 127 cm³/mol. The number of carbonyl (C=O) groups excluding carboxylic acids is 1. The molecule has 1 aromatic carbocycles. The van der Waals surface area contributed by atoms with Crippen molar-refractivity contribution in [2.45, 2.75) is 38.6 Å². The largest absolute Gasteiger partial charge is 0.379 e. The van der Waals surface area contributed by atoms with Crippen molar-refractivity contribution < 1.29 is 9.53 Å². The Balaban J connectivity index is 0.00000245. The van der Waals surface area contributed by atoms with E-state index in [1.54, 1.807) is 6.20 Å². The quantitative estimate of drug-likeness (QED) is 0.553. The van der Waals surface area contributed by atoms with Gasteiger partial charge >= 0.3 is 0 Å². The number of halogens is 1. The van der Waals surface area contributed by atoms with Crippen LogP contribution in [0.3, 0.4) is 0 Å². The molecule has 0 radical (unpaired) electrons. The average molecular weight is 460 g/mol. The molecule has 0 bridgehead atoms. The minimum absolute atomic E-state index is 0. The first-order valence-corrected chi connectivity index (χ1v) is 11.2. The summed E-state index contributed by atoms with van der Waals surface area (Å²) in [4.78, 5) is 30.8. The number of nitrogens with one attached hydrogen (secondary N) is 2. The molecule has 2 aromatic heterocycles. The zero-order valence-electron chi connectivity index (χ0n) is 18.4. The third kappa shape index (κ3) is 4.27. The van der Waals surface area contributed by atoms with Crippen molar-refractivity contribution in [2.75, 3.05) is 39.4 Å². The molecular weight excluding hydrogens is 430 g/mol. The summed E-state index contributed by atoms with van der Waals surface area (Å²) < 4.78 is 7.36. The number of hydrogen-bond donors (Lipinski definition) is 2. The second kappa shape index (κ2) is 9.60. The van der Waals surface area contributed by atoms with Crippen molar-refractivity contribution >= 4 is 40.1 Å². The highest BCUT2D eigenvalue weighted by Crippen LogP contribution is 2.35. The van der Waals surface area contributed by atoms with Gasteiger partial charge in [0.2, 0.25) is 0 Å². The van der Waals surface area contributed by atoms with Crippen LogP contribution in [0.5, 0.6) is 0 Å². The van der Waals surface area contributed by atoms with Gasteiger partial charge in [-0.15, -0.1) is 12.4 Å². The summed E-state index contributed by atoms with van der Waals surface area (Å²) in [5, 5.41) is 9.04. The molecule has 1 aliphatic heterocycles. The molecule has 5 rings (SSSR count). The SMILES string of the molecule is Cc1cc2[nH]c(=O)c3cnn(C4CCC4)c3c2cc1C(=O)NCCCN1CCOCC1.Cl. The Hall–Kier alpha value is -2.42. The Morgan fingerprint density at radius 2 is 2.03 bits per heavy atom. The molecule has 0 spiro atoms. The Morgan fingerprint density at radius 3 is 2.75 bits per heavy atom. The molecule has 1 saturated carbocycles. The Kier molecular flexibility index (Phi) is 6.83. The lowest BCUT2D eigenvalue weighted by molar-refractivity contribution is 0.0374. The van der Waals surface area contributed by atoms with Crippen LogP contribution in [0.2, 0.25) is 0 Å². The van der Waals surface area contributed by atoms with E-state index in [0.717, 1.165) is 74.1 Å². The van der Waals surface area contributed by atoms with Gasteiger partial charge in [-0.1, -0.05) is 0 Å². The molecule has 172 valence electrons. The van der Waals surface area contributed by atoms with Crippen LogP contribution in [0.1, 0.15) is 47.6 Å². The molecule has 3 aromatic rings. The molecular formula is C23H30ClN5O3. The molecule has 2 fully saturated rings. The minimum Gasteiger partial charge on any atom is -0.379 e. The van der Waals surface area contributed by atoms with E-state index in [-0.39, 0.29) is 23.9 Å².